The Morgan fingerprint density at radius 1 is 1.21 bits per heavy atom. The van der Waals surface area contributed by atoms with Crippen molar-refractivity contribution < 1.29 is 52.9 Å². The normalized spacial score (nSPS) is 19.0. The monoisotopic (exact) mass is 518 g/mol. The Morgan fingerprint density at radius 2 is 1.85 bits per heavy atom. The number of halogens is 7. The highest BCUT2D eigenvalue weighted by Crippen LogP contribution is 2.45. The summed E-state index contributed by atoms with van der Waals surface area (Å²) in [6.07, 6.45) is -6.04. The molecule has 0 spiro atoms. The molecule has 1 aromatic heterocycles. The lowest BCUT2D eigenvalue weighted by molar-refractivity contribution is -0.148. The molecule has 0 bridgehead atoms. The molecule has 3 rings (SSSR count). The molecule has 0 aliphatic heterocycles. The largest absolute Gasteiger partial charge is 0.534 e. The molecule has 0 fully saturated rings. The number of rotatable bonds is 5. The first-order chi connectivity index (χ1) is 15.5. The lowest BCUT2D eigenvalue weighted by atomic mass is 9.67. The van der Waals surface area contributed by atoms with E-state index in [0.717, 1.165) is 13.2 Å². The zero-order valence-electron chi connectivity index (χ0n) is 17.6. The van der Waals surface area contributed by atoms with E-state index in [9.17, 15) is 43.9 Å². The van der Waals surface area contributed by atoms with Crippen LogP contribution in [0.4, 0.5) is 30.7 Å². The number of benzene rings is 1. The van der Waals surface area contributed by atoms with Crippen molar-refractivity contribution in [1.82, 2.24) is 9.78 Å². The molecule has 1 aliphatic rings. The maximum atomic E-state index is 14.3. The van der Waals surface area contributed by atoms with Gasteiger partial charge in [-0.25, -0.2) is 9.07 Å². The zero-order chi connectivity index (χ0) is 25.7. The summed E-state index contributed by atoms with van der Waals surface area (Å²) < 4.78 is 124. The highest BCUT2D eigenvalue weighted by atomic mass is 32.2. The molecule has 1 unspecified atom stereocenters. The molecular formula is C19H17F7N2O5S. The molecule has 2 aromatic rings. The molecule has 188 valence electrons. The molecule has 0 saturated heterocycles. The summed E-state index contributed by atoms with van der Waals surface area (Å²) in [4.78, 5) is 12.9. The SMILES string of the molecule is COC(=O)C1(c2cccc(F)c2C)CCc2nn(CC(F)(F)F)c(OS(=O)(=O)C(F)(F)F)c2C1. The Morgan fingerprint density at radius 3 is 2.41 bits per heavy atom. The molecule has 0 saturated carbocycles. The van der Waals surface area contributed by atoms with Gasteiger partial charge in [-0.1, -0.05) is 12.1 Å². The molecule has 1 aliphatic carbocycles. The van der Waals surface area contributed by atoms with E-state index in [4.69, 9.17) is 4.74 Å². The minimum Gasteiger partial charge on any atom is -0.468 e. The number of hydrogen-bond acceptors (Lipinski definition) is 6. The smallest absolute Gasteiger partial charge is 0.468 e. The van der Waals surface area contributed by atoms with Crippen LogP contribution in [0.25, 0.3) is 0 Å². The maximum Gasteiger partial charge on any atom is 0.534 e. The summed E-state index contributed by atoms with van der Waals surface area (Å²) in [5.41, 5.74) is -8.26. The van der Waals surface area contributed by atoms with E-state index in [0.29, 0.717) is 0 Å². The predicted molar refractivity (Wildman–Crippen MR) is 101 cm³/mol. The number of carbonyl (C=O) groups excluding carboxylic acids is 1. The average Bonchev–Trinajstić information content (AvgIpc) is 3.02. The third-order valence-corrected chi connectivity index (χ3v) is 6.45. The van der Waals surface area contributed by atoms with Crippen molar-refractivity contribution in [2.24, 2.45) is 0 Å². The van der Waals surface area contributed by atoms with E-state index in [1.54, 1.807) is 0 Å². The molecule has 0 radical (unpaired) electrons. The van der Waals surface area contributed by atoms with Crippen molar-refractivity contribution in [3.63, 3.8) is 0 Å². The summed E-state index contributed by atoms with van der Waals surface area (Å²) in [5.74, 6) is -2.98. The maximum absolute atomic E-state index is 14.3. The highest BCUT2D eigenvalue weighted by molar-refractivity contribution is 7.87. The van der Waals surface area contributed by atoms with Crippen LogP contribution in [0.3, 0.4) is 0 Å². The Labute approximate surface area is 188 Å². The number of fused-ring (bicyclic) bond motifs is 1. The van der Waals surface area contributed by atoms with Crippen LogP contribution in [0.2, 0.25) is 0 Å². The number of aromatic nitrogens is 2. The van der Waals surface area contributed by atoms with Gasteiger partial charge in [0.1, 0.15) is 12.4 Å². The first-order valence-electron chi connectivity index (χ1n) is 9.52. The Balaban J connectivity index is 2.23. The van der Waals surface area contributed by atoms with Crippen molar-refractivity contribution in [2.75, 3.05) is 7.11 Å². The van der Waals surface area contributed by atoms with Crippen LogP contribution in [0, 0.1) is 12.7 Å². The lowest BCUT2D eigenvalue weighted by Crippen LogP contribution is -2.43. The Hall–Kier alpha value is -2.84. The first-order valence-corrected chi connectivity index (χ1v) is 10.9. The van der Waals surface area contributed by atoms with Gasteiger partial charge >= 0.3 is 27.8 Å². The topological polar surface area (TPSA) is 87.5 Å². The van der Waals surface area contributed by atoms with E-state index in [1.807, 2.05) is 0 Å². The minimum absolute atomic E-state index is 0.00409. The highest BCUT2D eigenvalue weighted by Gasteiger charge is 2.52. The van der Waals surface area contributed by atoms with Crippen LogP contribution in [-0.2, 0) is 44.5 Å². The number of aryl methyl sites for hydroxylation is 1. The summed E-state index contributed by atoms with van der Waals surface area (Å²) in [7, 11) is -5.37. The van der Waals surface area contributed by atoms with Crippen molar-refractivity contribution in [3.8, 4) is 5.88 Å². The summed E-state index contributed by atoms with van der Waals surface area (Å²) in [6, 6.07) is 3.74. The number of carbonyl (C=O) groups is 1. The van der Waals surface area contributed by atoms with Crippen LogP contribution < -0.4 is 4.18 Å². The molecular weight excluding hydrogens is 501 g/mol. The van der Waals surface area contributed by atoms with Gasteiger partial charge in [-0.2, -0.15) is 39.9 Å². The standard InChI is InChI=1S/C19H17F7N2O5S/c1-10-12(4-3-5-13(10)20)17(16(29)32-2)7-6-14-11(8-17)15(28(27-14)9-18(21,22)23)33-34(30,31)19(24,25)26/h3-5H,6-9H2,1-2H3. The average molecular weight is 518 g/mol. The van der Waals surface area contributed by atoms with Gasteiger partial charge in [0.15, 0.2) is 0 Å². The third kappa shape index (κ3) is 4.57. The van der Waals surface area contributed by atoms with Gasteiger partial charge in [0.05, 0.1) is 18.2 Å². The molecule has 0 N–H and O–H groups in total. The molecule has 1 heterocycles. The number of alkyl halides is 6. The molecule has 1 aromatic carbocycles. The molecule has 0 amide bonds. The van der Waals surface area contributed by atoms with Gasteiger partial charge in [-0.3, -0.25) is 4.79 Å². The first kappa shape index (κ1) is 25.8. The lowest BCUT2D eigenvalue weighted by Gasteiger charge is -2.35. The molecule has 1 atom stereocenters. The third-order valence-electron chi connectivity index (χ3n) is 5.51. The van der Waals surface area contributed by atoms with E-state index in [2.05, 4.69) is 9.28 Å². The fourth-order valence-corrected chi connectivity index (χ4v) is 4.48. The summed E-state index contributed by atoms with van der Waals surface area (Å²) in [6.45, 7) is -0.615. The van der Waals surface area contributed by atoms with Crippen molar-refractivity contribution >= 4 is 16.1 Å². The van der Waals surface area contributed by atoms with Gasteiger partial charge < -0.3 is 8.92 Å². The van der Waals surface area contributed by atoms with Gasteiger partial charge in [-0.15, -0.1) is 0 Å². The summed E-state index contributed by atoms with van der Waals surface area (Å²) >= 11 is 0. The number of hydrogen-bond donors (Lipinski definition) is 0. The van der Waals surface area contributed by atoms with Crippen LogP contribution in [0.1, 0.15) is 28.8 Å². The minimum atomic E-state index is -6.38. The van der Waals surface area contributed by atoms with Crippen LogP contribution in [0.15, 0.2) is 18.2 Å². The molecule has 15 heteroatoms. The zero-order valence-corrected chi connectivity index (χ0v) is 18.4. The number of nitrogens with zero attached hydrogens (tertiary/aromatic N) is 2. The second-order valence-electron chi connectivity index (χ2n) is 7.65. The van der Waals surface area contributed by atoms with E-state index < -0.39 is 63.4 Å². The summed E-state index contributed by atoms with van der Waals surface area (Å²) in [5, 5.41) is 3.60. The van der Waals surface area contributed by atoms with Crippen LogP contribution >= 0.6 is 0 Å². The second-order valence-corrected chi connectivity index (χ2v) is 9.19. The molecule has 7 nitrogen and oxygen atoms in total. The van der Waals surface area contributed by atoms with E-state index >= 15 is 0 Å². The van der Waals surface area contributed by atoms with Crippen molar-refractivity contribution in [3.05, 3.63) is 46.4 Å². The number of esters is 1. The predicted octanol–water partition coefficient (Wildman–Crippen LogP) is 3.72. The van der Waals surface area contributed by atoms with Gasteiger partial charge in [-0.05, 0) is 43.4 Å². The Bertz CT molecular complexity index is 1220. The Kier molecular flexibility index (Phi) is 6.39. The van der Waals surface area contributed by atoms with E-state index in [1.165, 1.54) is 19.1 Å². The van der Waals surface area contributed by atoms with Crippen molar-refractivity contribution in [2.45, 2.75) is 49.8 Å². The van der Waals surface area contributed by atoms with E-state index in [-0.39, 0.29) is 34.3 Å². The van der Waals surface area contributed by atoms with Gasteiger partial charge in [0.2, 0.25) is 5.88 Å². The molecule has 34 heavy (non-hydrogen) atoms. The van der Waals surface area contributed by atoms with Gasteiger partial charge in [0.25, 0.3) is 0 Å². The number of methoxy groups -OCH3 is 1. The number of ether oxygens (including phenoxy) is 1. The van der Waals surface area contributed by atoms with Crippen LogP contribution in [-0.4, -0.2) is 43.0 Å². The fraction of sp³-hybridized carbons (Fsp3) is 0.474. The van der Waals surface area contributed by atoms with Crippen LogP contribution in [0.5, 0.6) is 5.88 Å². The van der Waals surface area contributed by atoms with Gasteiger partial charge in [0, 0.05) is 5.56 Å². The fourth-order valence-electron chi connectivity index (χ4n) is 3.99. The quantitative estimate of drug-likeness (QED) is 0.260. The van der Waals surface area contributed by atoms with Crippen molar-refractivity contribution in [1.29, 1.82) is 0 Å². The second kappa shape index (κ2) is 8.43.